The predicted octanol–water partition coefficient (Wildman–Crippen LogP) is 5.28. The molecule has 1 saturated heterocycles. The second-order valence-electron chi connectivity index (χ2n) is 8.64. The van der Waals surface area contributed by atoms with Gasteiger partial charge in [-0.1, -0.05) is 65.8 Å². The van der Waals surface area contributed by atoms with E-state index < -0.39 is 0 Å². The van der Waals surface area contributed by atoms with E-state index in [-0.39, 0.29) is 17.2 Å². The maximum Gasteiger partial charge on any atom is 0.237 e. The van der Waals surface area contributed by atoms with Crippen LogP contribution in [0, 0.1) is 0 Å². The van der Waals surface area contributed by atoms with E-state index in [9.17, 15) is 4.79 Å². The normalized spacial score (nSPS) is 18.1. The lowest BCUT2D eigenvalue weighted by Gasteiger charge is -2.24. The van der Waals surface area contributed by atoms with Crippen LogP contribution < -0.4 is 10.1 Å². The summed E-state index contributed by atoms with van der Waals surface area (Å²) < 4.78 is 5.43. The first kappa shape index (κ1) is 23.7. The topological polar surface area (TPSA) is 70.2 Å². The molecule has 6 nitrogen and oxygen atoms in total. The minimum Gasteiger partial charge on any atom is -0.496 e. The first-order valence-corrected chi connectivity index (χ1v) is 12.8. The Bertz CT molecular complexity index is 1290. The molecule has 1 aliphatic rings. The summed E-state index contributed by atoms with van der Waals surface area (Å²) >= 11 is 7.93. The number of carbonyl (C=O) groups is 1. The van der Waals surface area contributed by atoms with Crippen LogP contribution in [-0.2, 0) is 17.9 Å². The number of amides is 1. The summed E-state index contributed by atoms with van der Waals surface area (Å²) in [4.78, 5) is 23.7. The number of nitrogens with zero attached hydrogens (tertiary/aromatic N) is 2. The fourth-order valence-electron chi connectivity index (χ4n) is 4.56. The third kappa shape index (κ3) is 5.64. The van der Waals surface area contributed by atoms with Crippen molar-refractivity contribution in [3.63, 3.8) is 0 Å². The summed E-state index contributed by atoms with van der Waals surface area (Å²) in [5, 5.41) is 4.95. The van der Waals surface area contributed by atoms with Crippen LogP contribution in [-0.4, -0.2) is 45.7 Å². The largest absolute Gasteiger partial charge is 0.496 e. The average molecular weight is 507 g/mol. The van der Waals surface area contributed by atoms with Gasteiger partial charge in [0.15, 0.2) is 5.16 Å². The first-order valence-electron chi connectivity index (χ1n) is 11.6. The van der Waals surface area contributed by atoms with Gasteiger partial charge in [0.1, 0.15) is 5.75 Å². The fourth-order valence-corrected chi connectivity index (χ4v) is 5.95. The minimum atomic E-state index is -0.245. The van der Waals surface area contributed by atoms with E-state index in [0.717, 1.165) is 46.0 Å². The summed E-state index contributed by atoms with van der Waals surface area (Å²) in [6.45, 7) is 1.86. The molecule has 4 aromatic rings. The summed E-state index contributed by atoms with van der Waals surface area (Å²) in [5.74, 6) is 0.791. The van der Waals surface area contributed by atoms with E-state index in [0.29, 0.717) is 18.1 Å². The molecule has 1 amide bonds. The van der Waals surface area contributed by atoms with E-state index >= 15 is 0 Å². The van der Waals surface area contributed by atoms with Crippen molar-refractivity contribution in [1.29, 1.82) is 0 Å². The lowest BCUT2D eigenvalue weighted by molar-refractivity contribution is -0.125. The number of thioether (sulfide) groups is 1. The van der Waals surface area contributed by atoms with E-state index in [4.69, 9.17) is 21.3 Å². The molecule has 2 heterocycles. The van der Waals surface area contributed by atoms with Gasteiger partial charge in [-0.2, -0.15) is 0 Å². The van der Waals surface area contributed by atoms with Crippen LogP contribution in [0.5, 0.6) is 5.75 Å². The number of imidazole rings is 1. The van der Waals surface area contributed by atoms with Crippen molar-refractivity contribution in [3.05, 3.63) is 88.9 Å². The van der Waals surface area contributed by atoms with Crippen LogP contribution in [0.2, 0.25) is 5.02 Å². The number of carbonyl (C=O) groups excluding carboxylic acids is 1. The number of rotatable bonds is 8. The summed E-state index contributed by atoms with van der Waals surface area (Å²) in [5.41, 5.74) is 4.02. The van der Waals surface area contributed by atoms with E-state index in [1.165, 1.54) is 0 Å². The maximum atomic E-state index is 13.4. The number of hydrogen-bond donors (Lipinski definition) is 2. The van der Waals surface area contributed by atoms with Gasteiger partial charge in [-0.25, -0.2) is 4.98 Å². The molecular weight excluding hydrogens is 480 g/mol. The summed E-state index contributed by atoms with van der Waals surface area (Å²) in [6, 6.07) is 23.4. The second kappa shape index (κ2) is 10.7. The van der Waals surface area contributed by atoms with Gasteiger partial charge in [0.2, 0.25) is 5.91 Å². The van der Waals surface area contributed by atoms with Crippen LogP contribution >= 0.6 is 23.4 Å². The highest BCUT2D eigenvalue weighted by Crippen LogP contribution is 2.34. The van der Waals surface area contributed by atoms with E-state index in [1.54, 1.807) is 18.9 Å². The number of benzene rings is 3. The molecule has 1 aliphatic heterocycles. The SMILES string of the molecule is COc1ccccc1CNC(=O)[C@@H]1C[C@@H](Sc2nc3ccccc3[nH]2)CN1Cc1cccc(Cl)c1. The van der Waals surface area contributed by atoms with Crippen molar-refractivity contribution in [2.75, 3.05) is 13.7 Å². The number of halogens is 1. The molecule has 2 atom stereocenters. The number of para-hydroxylation sites is 3. The Morgan fingerprint density at radius 2 is 2.00 bits per heavy atom. The third-order valence-electron chi connectivity index (χ3n) is 6.23. The number of aromatic amines is 1. The first-order chi connectivity index (χ1) is 17.1. The van der Waals surface area contributed by atoms with Gasteiger partial charge >= 0.3 is 0 Å². The lowest BCUT2D eigenvalue weighted by Crippen LogP contribution is -2.42. The minimum absolute atomic E-state index is 0.0191. The zero-order valence-electron chi connectivity index (χ0n) is 19.4. The van der Waals surface area contributed by atoms with Gasteiger partial charge in [-0.3, -0.25) is 9.69 Å². The monoisotopic (exact) mass is 506 g/mol. The van der Waals surface area contributed by atoms with Gasteiger partial charge in [0.05, 0.1) is 24.2 Å². The number of H-pyrrole nitrogens is 1. The van der Waals surface area contributed by atoms with Gasteiger partial charge < -0.3 is 15.0 Å². The number of fused-ring (bicyclic) bond motifs is 1. The molecule has 2 N–H and O–H groups in total. The van der Waals surface area contributed by atoms with Crippen molar-refractivity contribution in [3.8, 4) is 5.75 Å². The van der Waals surface area contributed by atoms with Crippen molar-refractivity contribution in [2.24, 2.45) is 0 Å². The van der Waals surface area contributed by atoms with Gasteiger partial charge in [-0.15, -0.1) is 0 Å². The van der Waals surface area contributed by atoms with Crippen molar-refractivity contribution in [1.82, 2.24) is 20.2 Å². The van der Waals surface area contributed by atoms with Crippen molar-refractivity contribution < 1.29 is 9.53 Å². The van der Waals surface area contributed by atoms with E-state index in [2.05, 4.69) is 21.3 Å². The third-order valence-corrected chi connectivity index (χ3v) is 7.56. The number of aromatic nitrogens is 2. The summed E-state index contributed by atoms with van der Waals surface area (Å²) in [7, 11) is 1.64. The van der Waals surface area contributed by atoms with Gasteiger partial charge in [-0.05, 0) is 42.3 Å². The van der Waals surface area contributed by atoms with Crippen molar-refractivity contribution >= 4 is 40.3 Å². The van der Waals surface area contributed by atoms with Gasteiger partial charge in [0.25, 0.3) is 0 Å². The van der Waals surface area contributed by atoms with Crippen molar-refractivity contribution in [2.45, 2.75) is 36.0 Å². The maximum absolute atomic E-state index is 13.4. The Balaban J connectivity index is 1.31. The zero-order chi connectivity index (χ0) is 24.2. The van der Waals surface area contributed by atoms with Gasteiger partial charge in [0, 0.05) is 35.5 Å². The van der Waals surface area contributed by atoms with E-state index in [1.807, 2.05) is 66.7 Å². The van der Waals surface area contributed by atoms with Crippen LogP contribution in [0.25, 0.3) is 11.0 Å². The average Bonchev–Trinajstić information content (AvgIpc) is 3.46. The number of likely N-dealkylation sites (tertiary alicyclic amines) is 1. The molecule has 0 saturated carbocycles. The number of ether oxygens (including phenoxy) is 1. The molecule has 0 bridgehead atoms. The molecule has 180 valence electrons. The molecule has 0 aliphatic carbocycles. The highest BCUT2D eigenvalue weighted by Gasteiger charge is 2.37. The lowest BCUT2D eigenvalue weighted by atomic mass is 10.1. The predicted molar refractivity (Wildman–Crippen MR) is 141 cm³/mol. The Kier molecular flexibility index (Phi) is 7.27. The highest BCUT2D eigenvalue weighted by molar-refractivity contribution is 7.99. The Hall–Kier alpha value is -3.00. The van der Waals surface area contributed by atoms with Crippen LogP contribution in [0.1, 0.15) is 17.5 Å². The number of methoxy groups -OCH3 is 1. The molecule has 0 radical (unpaired) electrons. The number of hydrogen-bond acceptors (Lipinski definition) is 5. The highest BCUT2D eigenvalue weighted by atomic mass is 35.5. The quantitative estimate of drug-likeness (QED) is 0.340. The molecule has 35 heavy (non-hydrogen) atoms. The molecular formula is C27H27ClN4O2S. The van der Waals surface area contributed by atoms with Crippen LogP contribution in [0.15, 0.2) is 78.0 Å². The van der Waals surface area contributed by atoms with Crippen LogP contribution in [0.4, 0.5) is 0 Å². The zero-order valence-corrected chi connectivity index (χ0v) is 21.0. The summed E-state index contributed by atoms with van der Waals surface area (Å²) in [6.07, 6.45) is 0.736. The molecule has 1 aromatic heterocycles. The Labute approximate surface area is 214 Å². The molecule has 1 fully saturated rings. The second-order valence-corrected chi connectivity index (χ2v) is 10.4. The van der Waals surface area contributed by atoms with Crippen LogP contribution in [0.3, 0.4) is 0 Å². The smallest absolute Gasteiger partial charge is 0.237 e. The Morgan fingerprint density at radius 3 is 2.83 bits per heavy atom. The number of nitrogens with one attached hydrogen (secondary N) is 2. The fraction of sp³-hybridized carbons (Fsp3) is 0.259. The molecule has 3 aromatic carbocycles. The Morgan fingerprint density at radius 1 is 1.17 bits per heavy atom. The molecule has 0 spiro atoms. The molecule has 5 rings (SSSR count). The molecule has 8 heteroatoms. The standard InChI is InChI=1S/C27H27ClN4O2S/c1-34-25-12-5-2-8-19(25)15-29-26(33)24-14-21(17-32(24)16-18-7-6-9-20(28)13-18)35-27-30-22-10-3-4-11-23(22)31-27/h2-13,21,24H,14-17H2,1H3,(H,29,33)(H,30,31)/t21-,24+/m1/s1. The molecule has 0 unspecified atom stereocenters.